The number of hydrogen-bond acceptors (Lipinski definition) is 5. The molecule has 4 N–H and O–H groups in total. The van der Waals surface area contributed by atoms with E-state index in [0.29, 0.717) is 6.07 Å². The zero-order valence-corrected chi connectivity index (χ0v) is 14.7. The quantitative estimate of drug-likeness (QED) is 0.344. The van der Waals surface area contributed by atoms with Gasteiger partial charge in [0.2, 0.25) is 0 Å². The van der Waals surface area contributed by atoms with Gasteiger partial charge in [0.15, 0.2) is 5.78 Å². The third kappa shape index (κ3) is 3.39. The summed E-state index contributed by atoms with van der Waals surface area (Å²) < 4.78 is 71.5. The van der Waals surface area contributed by atoms with Crippen molar-refractivity contribution < 1.29 is 36.0 Å². The third-order valence-corrected chi connectivity index (χ3v) is 4.98. The molecule has 0 heterocycles. The first kappa shape index (κ1) is 19.6. The van der Waals surface area contributed by atoms with Gasteiger partial charge in [-0.3, -0.25) is 9.35 Å². The van der Waals surface area contributed by atoms with Crippen molar-refractivity contribution in [2.45, 2.75) is 11.1 Å². The van der Waals surface area contributed by atoms with Crippen LogP contribution in [0.4, 0.5) is 18.9 Å². The van der Waals surface area contributed by atoms with Crippen LogP contribution in [0.2, 0.25) is 0 Å². The summed E-state index contributed by atoms with van der Waals surface area (Å²) >= 11 is 0. The molecular weight excluding hydrogens is 399 g/mol. The Morgan fingerprint density at radius 2 is 1.68 bits per heavy atom. The van der Waals surface area contributed by atoms with Gasteiger partial charge in [0.25, 0.3) is 10.1 Å². The molecule has 3 aromatic carbocycles. The second-order valence-corrected chi connectivity index (χ2v) is 7.31. The third-order valence-electron chi connectivity index (χ3n) is 4.09. The van der Waals surface area contributed by atoms with Gasteiger partial charge in [0, 0.05) is 22.0 Å². The molecule has 3 rings (SSSR count). The zero-order valence-electron chi connectivity index (χ0n) is 13.9. The molecule has 10 heteroatoms. The van der Waals surface area contributed by atoms with Crippen molar-refractivity contribution in [2.24, 2.45) is 0 Å². The summed E-state index contributed by atoms with van der Waals surface area (Å²) in [6, 6.07) is 8.07. The minimum Gasteiger partial charge on any atom is -0.507 e. The molecule has 0 amide bonds. The van der Waals surface area contributed by atoms with Crippen molar-refractivity contribution in [3.63, 3.8) is 0 Å². The molecule has 0 unspecified atom stereocenters. The summed E-state index contributed by atoms with van der Waals surface area (Å²) in [7, 11) is -4.75. The number of fused-ring (bicyclic) bond motifs is 1. The van der Waals surface area contributed by atoms with Crippen LogP contribution < -0.4 is 5.73 Å². The Morgan fingerprint density at radius 1 is 1.04 bits per heavy atom. The highest BCUT2D eigenvalue weighted by Gasteiger charge is 2.32. The first-order valence-electron chi connectivity index (χ1n) is 7.65. The smallest absolute Gasteiger partial charge is 0.416 e. The second kappa shape index (κ2) is 6.50. The largest absolute Gasteiger partial charge is 0.507 e. The lowest BCUT2D eigenvalue weighted by atomic mass is 9.94. The van der Waals surface area contributed by atoms with Gasteiger partial charge in [-0.1, -0.05) is 24.3 Å². The highest BCUT2D eigenvalue weighted by atomic mass is 32.2. The van der Waals surface area contributed by atoms with E-state index in [4.69, 9.17) is 5.73 Å². The van der Waals surface area contributed by atoms with E-state index in [-0.39, 0.29) is 21.9 Å². The van der Waals surface area contributed by atoms with E-state index in [2.05, 4.69) is 0 Å². The highest BCUT2D eigenvalue weighted by Crippen LogP contribution is 2.38. The van der Waals surface area contributed by atoms with Crippen LogP contribution >= 0.6 is 0 Å². The van der Waals surface area contributed by atoms with Crippen molar-refractivity contribution in [3.8, 4) is 5.75 Å². The van der Waals surface area contributed by atoms with Crippen LogP contribution in [0, 0.1) is 0 Å². The summed E-state index contributed by atoms with van der Waals surface area (Å²) in [5.74, 6) is -1.47. The lowest BCUT2D eigenvalue weighted by Crippen LogP contribution is -2.11. The van der Waals surface area contributed by atoms with Gasteiger partial charge in [-0.2, -0.15) is 21.6 Å². The topological polar surface area (TPSA) is 118 Å². The average molecular weight is 411 g/mol. The molecule has 28 heavy (non-hydrogen) atoms. The Bertz CT molecular complexity index is 1220. The fraction of sp³-hybridized carbons (Fsp3) is 0.0556. The first-order valence-corrected chi connectivity index (χ1v) is 9.09. The highest BCUT2D eigenvalue weighted by molar-refractivity contribution is 7.86. The number of rotatable bonds is 3. The number of aromatic hydroxyl groups is 1. The molecule has 0 aromatic heterocycles. The first-order chi connectivity index (χ1) is 12.9. The van der Waals surface area contributed by atoms with E-state index >= 15 is 0 Å². The zero-order chi connectivity index (χ0) is 20.9. The fourth-order valence-corrected chi connectivity index (χ4v) is 3.61. The average Bonchev–Trinajstić information content (AvgIpc) is 2.60. The molecule has 0 bridgehead atoms. The van der Waals surface area contributed by atoms with Crippen LogP contribution in [0.15, 0.2) is 53.4 Å². The maximum atomic E-state index is 12.9. The standard InChI is InChI=1S/C18H12F3NO5S/c19-18(20,21)10-4-1-3-9(7-10)17(24)16-12(22)8-14(28(25,26)27)11-5-2-6-13(23)15(11)16/h1-8,23H,22H2,(H,25,26,27). The van der Waals surface area contributed by atoms with E-state index in [1.54, 1.807) is 0 Å². The molecule has 0 aliphatic rings. The van der Waals surface area contributed by atoms with Gasteiger partial charge in [0.1, 0.15) is 10.6 Å². The molecule has 0 spiro atoms. The van der Waals surface area contributed by atoms with Gasteiger partial charge in [0.05, 0.1) is 11.1 Å². The summed E-state index contributed by atoms with van der Waals surface area (Å²) in [4.78, 5) is 12.3. The second-order valence-electron chi connectivity index (χ2n) is 5.92. The molecule has 6 nitrogen and oxygen atoms in total. The Labute approximate surface area is 156 Å². The van der Waals surface area contributed by atoms with Crippen molar-refractivity contribution in [1.82, 2.24) is 0 Å². The minimum absolute atomic E-state index is 0.202. The van der Waals surface area contributed by atoms with Crippen molar-refractivity contribution >= 4 is 32.4 Å². The normalized spacial score (nSPS) is 12.3. The van der Waals surface area contributed by atoms with Crippen LogP contribution in [0.5, 0.6) is 5.75 Å². The van der Waals surface area contributed by atoms with Crippen LogP contribution in [-0.4, -0.2) is 23.9 Å². The molecule has 3 aromatic rings. The number of hydrogen-bond donors (Lipinski definition) is 3. The number of carbonyl (C=O) groups is 1. The number of nitrogens with two attached hydrogens (primary N) is 1. The molecular formula is C18H12F3NO5S. The Balaban J connectivity index is 2.33. The van der Waals surface area contributed by atoms with Crippen molar-refractivity contribution in [2.75, 3.05) is 5.73 Å². The molecule has 0 fully saturated rings. The van der Waals surface area contributed by atoms with Crippen LogP contribution in [-0.2, 0) is 16.3 Å². The minimum atomic E-state index is -4.75. The number of phenols is 1. The number of benzene rings is 3. The van der Waals surface area contributed by atoms with Gasteiger partial charge >= 0.3 is 6.18 Å². The Hall–Kier alpha value is -3.11. The Morgan fingerprint density at radius 3 is 2.29 bits per heavy atom. The summed E-state index contributed by atoms with van der Waals surface area (Å²) in [6.07, 6.45) is -4.68. The molecule has 146 valence electrons. The molecule has 0 aliphatic carbocycles. The van der Waals surface area contributed by atoms with Crippen LogP contribution in [0.1, 0.15) is 21.5 Å². The molecule has 0 atom stereocenters. The predicted molar refractivity (Wildman–Crippen MR) is 94.7 cm³/mol. The number of halogens is 3. The summed E-state index contributed by atoms with van der Waals surface area (Å²) in [6.45, 7) is 0. The fourth-order valence-electron chi connectivity index (χ4n) is 2.88. The van der Waals surface area contributed by atoms with E-state index in [0.717, 1.165) is 30.3 Å². The molecule has 0 aliphatic heterocycles. The van der Waals surface area contributed by atoms with Gasteiger partial charge < -0.3 is 10.8 Å². The van der Waals surface area contributed by atoms with Crippen molar-refractivity contribution in [1.29, 1.82) is 0 Å². The summed E-state index contributed by atoms with van der Waals surface area (Å²) in [5.41, 5.74) is 3.57. The van der Waals surface area contributed by atoms with E-state index in [1.807, 2.05) is 0 Å². The van der Waals surface area contributed by atoms with Crippen LogP contribution in [0.25, 0.3) is 10.8 Å². The Kier molecular flexibility index (Phi) is 4.56. The number of carbonyl (C=O) groups excluding carboxylic acids is 1. The molecule has 0 radical (unpaired) electrons. The maximum Gasteiger partial charge on any atom is 0.416 e. The number of anilines is 1. The number of phenolic OH excluding ortho intramolecular Hbond substituents is 1. The van der Waals surface area contributed by atoms with Gasteiger partial charge in [-0.05, 0) is 24.3 Å². The van der Waals surface area contributed by atoms with Crippen molar-refractivity contribution in [3.05, 3.63) is 65.2 Å². The SMILES string of the molecule is Nc1cc(S(=O)(=O)O)c2cccc(O)c2c1C(=O)c1cccc(C(F)(F)F)c1. The molecule has 0 saturated carbocycles. The number of nitrogen functional groups attached to an aromatic ring is 1. The lowest BCUT2D eigenvalue weighted by molar-refractivity contribution is -0.137. The van der Waals surface area contributed by atoms with E-state index in [9.17, 15) is 36.0 Å². The predicted octanol–water partition coefficient (Wildman–Crippen LogP) is 3.62. The maximum absolute atomic E-state index is 12.9. The van der Waals surface area contributed by atoms with E-state index in [1.165, 1.54) is 12.1 Å². The lowest BCUT2D eigenvalue weighted by Gasteiger charge is -2.14. The monoisotopic (exact) mass is 411 g/mol. The number of ketones is 1. The summed E-state index contributed by atoms with van der Waals surface area (Å²) in [5, 5.41) is 9.69. The molecule has 0 saturated heterocycles. The van der Waals surface area contributed by atoms with Gasteiger partial charge in [-0.25, -0.2) is 0 Å². The van der Waals surface area contributed by atoms with Gasteiger partial charge in [-0.15, -0.1) is 0 Å². The number of alkyl halides is 3. The van der Waals surface area contributed by atoms with E-state index < -0.39 is 44.0 Å². The van der Waals surface area contributed by atoms with Crippen LogP contribution in [0.3, 0.4) is 0 Å².